The van der Waals surface area contributed by atoms with E-state index in [2.05, 4.69) is 37.8 Å². The van der Waals surface area contributed by atoms with E-state index in [1.54, 1.807) is 10.8 Å². The van der Waals surface area contributed by atoms with Crippen molar-refractivity contribution in [3.63, 3.8) is 0 Å². The van der Waals surface area contributed by atoms with Crippen molar-refractivity contribution in [2.45, 2.75) is 11.8 Å². The van der Waals surface area contributed by atoms with E-state index in [1.807, 2.05) is 16.9 Å². The molecule has 0 aromatic heterocycles. The van der Waals surface area contributed by atoms with Crippen LogP contribution < -0.4 is 0 Å². The lowest BCUT2D eigenvalue weighted by Crippen LogP contribution is -1.71. The molecule has 1 aromatic carbocycles. The Bertz CT molecular complexity index is 239. The van der Waals surface area contributed by atoms with Crippen LogP contribution in [0.2, 0.25) is 0 Å². The average molecular weight is 196 g/mol. The van der Waals surface area contributed by atoms with Crippen LogP contribution in [0.25, 0.3) is 0 Å². The van der Waals surface area contributed by atoms with E-state index in [-0.39, 0.29) is 0 Å². The van der Waals surface area contributed by atoms with Crippen LogP contribution in [0.1, 0.15) is 5.56 Å². The third-order valence-corrected chi connectivity index (χ3v) is 3.66. The molecule has 0 radical (unpaired) electrons. The summed E-state index contributed by atoms with van der Waals surface area (Å²) >= 11 is 0. The zero-order chi connectivity index (χ0) is 8.81. The zero-order valence-electron chi connectivity index (χ0n) is 7.12. The molecule has 1 aromatic rings. The summed E-state index contributed by atoms with van der Waals surface area (Å²) in [7, 11) is 3.61. The third kappa shape index (κ3) is 3.37. The molecule has 0 nitrogen and oxygen atoms in total. The molecule has 0 saturated carbocycles. The first-order chi connectivity index (χ1) is 5.83. The van der Waals surface area contributed by atoms with Gasteiger partial charge in [0.2, 0.25) is 0 Å². The van der Waals surface area contributed by atoms with E-state index in [1.165, 1.54) is 10.5 Å². The molecule has 0 unspecified atom stereocenters. The lowest BCUT2D eigenvalue weighted by atomic mass is 10.2. The zero-order valence-corrected chi connectivity index (χ0v) is 8.75. The van der Waals surface area contributed by atoms with Gasteiger partial charge in [-0.25, -0.2) is 0 Å². The summed E-state index contributed by atoms with van der Waals surface area (Å²) in [6, 6.07) is 8.57. The Morgan fingerprint density at radius 1 is 1.33 bits per heavy atom. The van der Waals surface area contributed by atoms with Crippen LogP contribution >= 0.6 is 21.6 Å². The first-order valence-electron chi connectivity index (χ1n) is 3.80. The molecule has 2 heteroatoms. The van der Waals surface area contributed by atoms with Crippen molar-refractivity contribution in [3.8, 4) is 0 Å². The molecule has 0 bridgehead atoms. The van der Waals surface area contributed by atoms with E-state index in [4.69, 9.17) is 0 Å². The summed E-state index contributed by atoms with van der Waals surface area (Å²) in [5.74, 6) is 0.999. The molecule has 0 aliphatic carbocycles. The average Bonchev–Trinajstić information content (AvgIpc) is 2.09. The second kappa shape index (κ2) is 5.33. The molecule has 0 heterocycles. The van der Waals surface area contributed by atoms with E-state index < -0.39 is 0 Å². The second-order valence-electron chi connectivity index (χ2n) is 2.47. The first kappa shape index (κ1) is 9.75. The first-order valence-corrected chi connectivity index (χ1v) is 6.12. The van der Waals surface area contributed by atoms with Crippen molar-refractivity contribution in [1.82, 2.24) is 0 Å². The fourth-order valence-electron chi connectivity index (χ4n) is 0.744. The maximum Gasteiger partial charge on any atom is 0.0218 e. The van der Waals surface area contributed by atoms with Gasteiger partial charge >= 0.3 is 0 Å². The SMILES string of the molecule is C=CCSSc1ccc(C)cc1. The van der Waals surface area contributed by atoms with Crippen molar-refractivity contribution in [2.75, 3.05) is 5.75 Å². The van der Waals surface area contributed by atoms with Crippen LogP contribution in [0, 0.1) is 6.92 Å². The number of benzene rings is 1. The summed E-state index contributed by atoms with van der Waals surface area (Å²) in [6.45, 7) is 5.77. The van der Waals surface area contributed by atoms with Crippen LogP contribution in [-0.2, 0) is 0 Å². The van der Waals surface area contributed by atoms with E-state index in [9.17, 15) is 0 Å². The van der Waals surface area contributed by atoms with Crippen LogP contribution in [0.3, 0.4) is 0 Å². The lowest BCUT2D eigenvalue weighted by Gasteiger charge is -1.98. The van der Waals surface area contributed by atoms with Crippen LogP contribution in [0.5, 0.6) is 0 Å². The fraction of sp³-hybridized carbons (Fsp3) is 0.200. The van der Waals surface area contributed by atoms with Crippen molar-refractivity contribution in [1.29, 1.82) is 0 Å². The number of hydrogen-bond acceptors (Lipinski definition) is 2. The number of rotatable bonds is 4. The van der Waals surface area contributed by atoms with Gasteiger partial charge in [0.1, 0.15) is 0 Å². The maximum atomic E-state index is 3.67. The molecule has 0 fully saturated rings. The van der Waals surface area contributed by atoms with Gasteiger partial charge in [0.05, 0.1) is 0 Å². The highest BCUT2D eigenvalue weighted by molar-refractivity contribution is 8.76. The molecular weight excluding hydrogens is 184 g/mol. The molecule has 0 saturated heterocycles. The Labute approximate surface area is 81.8 Å². The molecule has 0 aliphatic rings. The van der Waals surface area contributed by atoms with Crippen molar-refractivity contribution < 1.29 is 0 Å². The summed E-state index contributed by atoms with van der Waals surface area (Å²) in [4.78, 5) is 1.31. The van der Waals surface area contributed by atoms with Crippen LogP contribution in [0.4, 0.5) is 0 Å². The predicted octanol–water partition coefficient (Wildman–Crippen LogP) is 3.92. The Morgan fingerprint density at radius 3 is 2.58 bits per heavy atom. The minimum atomic E-state index is 0.999. The molecule has 64 valence electrons. The molecule has 1 rings (SSSR count). The van der Waals surface area contributed by atoms with Gasteiger partial charge in [0.25, 0.3) is 0 Å². The van der Waals surface area contributed by atoms with Crippen molar-refractivity contribution >= 4 is 21.6 Å². The lowest BCUT2D eigenvalue weighted by molar-refractivity contribution is 1.38. The second-order valence-corrected chi connectivity index (χ2v) is 4.88. The highest BCUT2D eigenvalue weighted by Crippen LogP contribution is 2.30. The van der Waals surface area contributed by atoms with Crippen LogP contribution in [0.15, 0.2) is 41.8 Å². The monoisotopic (exact) mass is 196 g/mol. The van der Waals surface area contributed by atoms with Crippen molar-refractivity contribution in [3.05, 3.63) is 42.5 Å². The highest BCUT2D eigenvalue weighted by atomic mass is 33.1. The predicted molar refractivity (Wildman–Crippen MR) is 59.7 cm³/mol. The van der Waals surface area contributed by atoms with Gasteiger partial charge in [0, 0.05) is 10.6 Å². The Kier molecular flexibility index (Phi) is 4.33. The van der Waals surface area contributed by atoms with Gasteiger partial charge in [-0.05, 0) is 19.1 Å². The quantitative estimate of drug-likeness (QED) is 0.406. The van der Waals surface area contributed by atoms with Gasteiger partial charge in [-0.2, -0.15) is 0 Å². The third-order valence-electron chi connectivity index (χ3n) is 1.36. The fourth-order valence-corrected chi connectivity index (χ4v) is 2.53. The Balaban J connectivity index is 2.42. The minimum absolute atomic E-state index is 0.999. The van der Waals surface area contributed by atoms with E-state index >= 15 is 0 Å². The topological polar surface area (TPSA) is 0 Å². The largest absolute Gasteiger partial charge is 0.102 e. The summed E-state index contributed by atoms with van der Waals surface area (Å²) in [5.41, 5.74) is 1.31. The smallest absolute Gasteiger partial charge is 0.0218 e. The van der Waals surface area contributed by atoms with Crippen molar-refractivity contribution in [2.24, 2.45) is 0 Å². The van der Waals surface area contributed by atoms with Gasteiger partial charge in [0.15, 0.2) is 0 Å². The molecule has 0 atom stereocenters. The summed E-state index contributed by atoms with van der Waals surface area (Å²) < 4.78 is 0. The summed E-state index contributed by atoms with van der Waals surface area (Å²) in [6.07, 6.45) is 1.92. The molecule has 12 heavy (non-hydrogen) atoms. The van der Waals surface area contributed by atoms with Gasteiger partial charge in [-0.15, -0.1) is 6.58 Å². The van der Waals surface area contributed by atoms with Gasteiger partial charge in [-0.3, -0.25) is 0 Å². The Morgan fingerprint density at radius 2 is 2.00 bits per heavy atom. The standard InChI is InChI=1S/C10H12S2/c1-3-8-11-12-10-6-4-9(2)5-7-10/h3-7H,1,8H2,2H3. The number of hydrogen-bond donors (Lipinski definition) is 0. The van der Waals surface area contributed by atoms with Crippen LogP contribution in [-0.4, -0.2) is 5.75 Å². The molecular formula is C10H12S2. The van der Waals surface area contributed by atoms with E-state index in [0.717, 1.165) is 5.75 Å². The Hall–Kier alpha value is -0.340. The summed E-state index contributed by atoms with van der Waals surface area (Å²) in [5, 5.41) is 0. The minimum Gasteiger partial charge on any atom is -0.102 e. The van der Waals surface area contributed by atoms with E-state index in [0.29, 0.717) is 0 Å². The molecule has 0 amide bonds. The normalized spacial score (nSPS) is 9.75. The number of aryl methyl sites for hydroxylation is 1. The molecule has 0 aliphatic heterocycles. The molecule has 0 spiro atoms. The molecule has 0 N–H and O–H groups in total. The van der Waals surface area contributed by atoms with Gasteiger partial charge in [-0.1, -0.05) is 45.4 Å². The highest BCUT2D eigenvalue weighted by Gasteiger charge is 1.91. The van der Waals surface area contributed by atoms with Gasteiger partial charge < -0.3 is 0 Å². The maximum absolute atomic E-state index is 3.67.